The minimum Gasteiger partial charge on any atom is -0.476 e. The van der Waals surface area contributed by atoms with Crippen LogP contribution in [-0.2, 0) is 6.54 Å². The summed E-state index contributed by atoms with van der Waals surface area (Å²) in [6.07, 6.45) is 0. The predicted molar refractivity (Wildman–Crippen MR) is 77.2 cm³/mol. The number of carbonyl (C=O) groups is 2. The fourth-order valence-electron chi connectivity index (χ4n) is 1.50. The van der Waals surface area contributed by atoms with Gasteiger partial charge in [-0.25, -0.2) is 14.6 Å². The molecule has 0 radical (unpaired) electrons. The first-order chi connectivity index (χ1) is 9.56. The summed E-state index contributed by atoms with van der Waals surface area (Å²) in [6.45, 7) is 2.11. The van der Waals surface area contributed by atoms with Crippen molar-refractivity contribution in [2.75, 3.05) is 0 Å². The molecule has 3 N–H and O–H groups in total. The van der Waals surface area contributed by atoms with E-state index in [4.69, 9.17) is 5.11 Å². The number of thiophene rings is 1. The average Bonchev–Trinajstić information content (AvgIpc) is 3.07. The lowest BCUT2D eigenvalue weighted by atomic mass is 10.3. The molecule has 2 aromatic heterocycles. The highest BCUT2D eigenvalue weighted by Gasteiger charge is 2.12. The maximum absolute atomic E-state index is 11.7. The number of hydrogen-bond acceptors (Lipinski definition) is 5. The van der Waals surface area contributed by atoms with Gasteiger partial charge in [0.1, 0.15) is 5.01 Å². The summed E-state index contributed by atoms with van der Waals surface area (Å²) < 4.78 is 0. The lowest BCUT2D eigenvalue weighted by Crippen LogP contribution is -2.36. The van der Waals surface area contributed by atoms with E-state index in [9.17, 15) is 9.59 Å². The second kappa shape index (κ2) is 6.49. The van der Waals surface area contributed by atoms with Crippen molar-refractivity contribution in [1.82, 2.24) is 15.6 Å². The molecule has 0 aromatic carbocycles. The summed E-state index contributed by atoms with van der Waals surface area (Å²) in [5, 5.41) is 18.2. The lowest BCUT2D eigenvalue weighted by Gasteiger charge is -2.12. The van der Waals surface area contributed by atoms with Crippen molar-refractivity contribution in [3.8, 4) is 0 Å². The zero-order chi connectivity index (χ0) is 14.5. The molecule has 0 saturated heterocycles. The maximum atomic E-state index is 11.7. The molecule has 1 unspecified atom stereocenters. The van der Waals surface area contributed by atoms with Crippen LogP contribution in [0, 0.1) is 0 Å². The monoisotopic (exact) mass is 311 g/mol. The summed E-state index contributed by atoms with van der Waals surface area (Å²) in [5.41, 5.74) is -0.000776. The molecule has 2 rings (SSSR count). The van der Waals surface area contributed by atoms with E-state index < -0.39 is 5.97 Å². The van der Waals surface area contributed by atoms with E-state index in [-0.39, 0.29) is 24.3 Å². The number of rotatable bonds is 5. The number of hydrogen-bond donors (Lipinski definition) is 3. The van der Waals surface area contributed by atoms with Crippen molar-refractivity contribution >= 4 is 34.7 Å². The first-order valence-electron chi connectivity index (χ1n) is 5.81. The smallest absolute Gasteiger partial charge is 0.355 e. The van der Waals surface area contributed by atoms with Gasteiger partial charge in [0.15, 0.2) is 5.69 Å². The Hall–Kier alpha value is -1.93. The normalized spacial score (nSPS) is 11.8. The third-order valence-electron chi connectivity index (χ3n) is 2.49. The summed E-state index contributed by atoms with van der Waals surface area (Å²) >= 11 is 2.78. The highest BCUT2D eigenvalue weighted by atomic mass is 32.1. The van der Waals surface area contributed by atoms with Crippen LogP contribution in [0.15, 0.2) is 22.9 Å². The van der Waals surface area contributed by atoms with Crippen molar-refractivity contribution in [3.05, 3.63) is 38.5 Å². The Kier molecular flexibility index (Phi) is 4.70. The van der Waals surface area contributed by atoms with Gasteiger partial charge in [-0.05, 0) is 18.4 Å². The van der Waals surface area contributed by atoms with Gasteiger partial charge < -0.3 is 15.7 Å². The molecule has 6 nitrogen and oxygen atoms in total. The highest BCUT2D eigenvalue weighted by molar-refractivity contribution is 7.10. The van der Waals surface area contributed by atoms with Crippen LogP contribution in [0.4, 0.5) is 4.79 Å². The molecule has 0 aliphatic carbocycles. The molecule has 2 aromatic rings. The quantitative estimate of drug-likeness (QED) is 0.791. The number of nitrogens with one attached hydrogen (secondary N) is 2. The second-order valence-electron chi connectivity index (χ2n) is 4.00. The van der Waals surface area contributed by atoms with Crippen LogP contribution in [-0.4, -0.2) is 22.1 Å². The number of carbonyl (C=O) groups excluding carboxylic acids is 1. The van der Waals surface area contributed by atoms with Gasteiger partial charge in [-0.2, -0.15) is 0 Å². The number of urea groups is 1. The van der Waals surface area contributed by atoms with Gasteiger partial charge in [-0.1, -0.05) is 6.07 Å². The number of aromatic nitrogens is 1. The largest absolute Gasteiger partial charge is 0.476 e. The Balaban J connectivity index is 1.81. The van der Waals surface area contributed by atoms with Crippen LogP contribution in [0.2, 0.25) is 0 Å². The lowest BCUT2D eigenvalue weighted by molar-refractivity contribution is 0.0691. The summed E-state index contributed by atoms with van der Waals surface area (Å²) in [6, 6.07) is 3.51. The molecule has 2 amide bonds. The SMILES string of the molecule is CC(NC(=O)NCc1nc(C(=O)O)cs1)c1cccs1. The minimum atomic E-state index is -1.07. The van der Waals surface area contributed by atoms with E-state index >= 15 is 0 Å². The Morgan fingerprint density at radius 3 is 2.85 bits per heavy atom. The first kappa shape index (κ1) is 14.5. The molecule has 0 aliphatic rings. The first-order valence-corrected chi connectivity index (χ1v) is 7.57. The second-order valence-corrected chi connectivity index (χ2v) is 5.92. The number of thiazole rings is 1. The molecule has 0 fully saturated rings. The van der Waals surface area contributed by atoms with Crippen LogP contribution in [0.3, 0.4) is 0 Å². The Bertz CT molecular complexity index is 595. The van der Waals surface area contributed by atoms with Gasteiger partial charge >= 0.3 is 12.0 Å². The summed E-state index contributed by atoms with van der Waals surface area (Å²) in [7, 11) is 0. The third kappa shape index (κ3) is 3.78. The van der Waals surface area contributed by atoms with Crippen LogP contribution < -0.4 is 10.6 Å². The molecular formula is C12H13N3O3S2. The topological polar surface area (TPSA) is 91.3 Å². The fourth-order valence-corrected chi connectivity index (χ4v) is 2.94. The minimum absolute atomic E-state index is 0.000776. The molecule has 20 heavy (non-hydrogen) atoms. The van der Waals surface area contributed by atoms with Gasteiger partial charge in [-0.15, -0.1) is 22.7 Å². The summed E-state index contributed by atoms with van der Waals surface area (Å²) in [5.74, 6) is -1.07. The van der Waals surface area contributed by atoms with Crippen molar-refractivity contribution in [1.29, 1.82) is 0 Å². The molecule has 1 atom stereocenters. The van der Waals surface area contributed by atoms with Gasteiger partial charge in [0.25, 0.3) is 0 Å². The van der Waals surface area contributed by atoms with Crippen LogP contribution >= 0.6 is 22.7 Å². The zero-order valence-electron chi connectivity index (χ0n) is 10.6. The number of aromatic carboxylic acids is 1. The molecule has 2 heterocycles. The molecular weight excluding hydrogens is 298 g/mol. The molecule has 0 bridgehead atoms. The van der Waals surface area contributed by atoms with E-state index in [1.165, 1.54) is 16.7 Å². The van der Waals surface area contributed by atoms with Gasteiger partial charge in [-0.3, -0.25) is 0 Å². The van der Waals surface area contributed by atoms with Crippen LogP contribution in [0.1, 0.15) is 33.3 Å². The van der Waals surface area contributed by atoms with E-state index in [0.717, 1.165) is 4.88 Å². The standard InChI is InChI=1S/C12H13N3O3S2/c1-7(9-3-2-4-19-9)14-12(18)13-5-10-15-8(6-20-10)11(16)17/h2-4,6-7H,5H2,1H3,(H,16,17)(H2,13,14,18). The van der Waals surface area contributed by atoms with Gasteiger partial charge in [0.2, 0.25) is 0 Å². The van der Waals surface area contributed by atoms with Gasteiger partial charge in [0.05, 0.1) is 12.6 Å². The van der Waals surface area contributed by atoms with Crippen molar-refractivity contribution in [3.63, 3.8) is 0 Å². The fraction of sp³-hybridized carbons (Fsp3) is 0.250. The van der Waals surface area contributed by atoms with Crippen molar-refractivity contribution in [2.24, 2.45) is 0 Å². The predicted octanol–water partition coefficient (Wildman–Crippen LogP) is 2.46. The Labute approximate surface area is 123 Å². The molecule has 106 valence electrons. The third-order valence-corrected chi connectivity index (χ3v) is 4.39. The molecule has 0 saturated carbocycles. The number of carboxylic acid groups (broad SMARTS) is 1. The van der Waals surface area contributed by atoms with Crippen molar-refractivity contribution in [2.45, 2.75) is 19.5 Å². The Morgan fingerprint density at radius 2 is 2.25 bits per heavy atom. The van der Waals surface area contributed by atoms with E-state index in [1.807, 2.05) is 24.4 Å². The average molecular weight is 311 g/mol. The molecule has 0 aliphatic heterocycles. The number of amides is 2. The van der Waals surface area contributed by atoms with E-state index in [2.05, 4.69) is 15.6 Å². The van der Waals surface area contributed by atoms with Gasteiger partial charge in [0, 0.05) is 10.3 Å². The Morgan fingerprint density at radius 1 is 1.45 bits per heavy atom. The molecule has 0 spiro atoms. The highest BCUT2D eigenvalue weighted by Crippen LogP contribution is 2.17. The summed E-state index contributed by atoms with van der Waals surface area (Å²) in [4.78, 5) is 27.3. The van der Waals surface area contributed by atoms with Crippen LogP contribution in [0.5, 0.6) is 0 Å². The number of nitrogens with zero attached hydrogens (tertiary/aromatic N) is 1. The zero-order valence-corrected chi connectivity index (χ0v) is 12.3. The van der Waals surface area contributed by atoms with Crippen molar-refractivity contribution < 1.29 is 14.7 Å². The van der Waals surface area contributed by atoms with E-state index in [1.54, 1.807) is 11.3 Å². The van der Waals surface area contributed by atoms with E-state index in [0.29, 0.717) is 5.01 Å². The molecule has 8 heteroatoms. The maximum Gasteiger partial charge on any atom is 0.355 e. The number of carboxylic acids is 1. The van der Waals surface area contributed by atoms with Crippen LogP contribution in [0.25, 0.3) is 0 Å².